The lowest BCUT2D eigenvalue weighted by Crippen LogP contribution is -2.48. The van der Waals surface area contributed by atoms with E-state index in [9.17, 15) is 4.79 Å². The third kappa shape index (κ3) is 5.23. The summed E-state index contributed by atoms with van der Waals surface area (Å²) in [6.07, 6.45) is 0. The number of amides is 1. The van der Waals surface area contributed by atoms with Crippen LogP contribution >= 0.6 is 0 Å². The topological polar surface area (TPSA) is 63.3 Å². The Morgan fingerprint density at radius 3 is 2.20 bits per heavy atom. The minimum atomic E-state index is -0.136. The standard InChI is InChI=1S/C23H31N3O4/c1-25-11-13-26(14-12-25)20(17-5-8-19(28-2)9-6-17)16-24-23(27)18-7-10-21(29-3)22(15-18)30-4/h5-10,15,20H,11-14,16H2,1-4H3,(H,24,27). The second-order valence-corrected chi connectivity index (χ2v) is 7.41. The van der Waals surface area contributed by atoms with E-state index in [0.717, 1.165) is 37.5 Å². The molecule has 0 saturated carbocycles. The Balaban J connectivity index is 1.74. The third-order valence-corrected chi connectivity index (χ3v) is 5.58. The zero-order valence-corrected chi connectivity index (χ0v) is 18.2. The average Bonchev–Trinajstić information content (AvgIpc) is 2.80. The number of carbonyl (C=O) groups is 1. The fourth-order valence-electron chi connectivity index (χ4n) is 3.69. The maximum atomic E-state index is 12.8. The van der Waals surface area contributed by atoms with Crippen LogP contribution in [0, 0.1) is 0 Å². The molecule has 1 fully saturated rings. The zero-order valence-electron chi connectivity index (χ0n) is 18.2. The summed E-state index contributed by atoms with van der Waals surface area (Å²) < 4.78 is 15.9. The molecule has 0 bridgehead atoms. The van der Waals surface area contributed by atoms with Crippen LogP contribution in [-0.4, -0.2) is 76.8 Å². The normalized spacial score (nSPS) is 16.0. The van der Waals surface area contributed by atoms with Gasteiger partial charge in [0, 0.05) is 38.3 Å². The molecule has 1 heterocycles. The number of nitrogens with one attached hydrogen (secondary N) is 1. The largest absolute Gasteiger partial charge is 0.497 e. The van der Waals surface area contributed by atoms with Crippen molar-refractivity contribution in [3.8, 4) is 17.2 Å². The molecule has 0 spiro atoms. The van der Waals surface area contributed by atoms with Crippen molar-refractivity contribution in [1.29, 1.82) is 0 Å². The molecule has 0 aromatic heterocycles. The SMILES string of the molecule is COc1ccc(C(CNC(=O)c2ccc(OC)c(OC)c2)N2CCN(C)CC2)cc1. The van der Waals surface area contributed by atoms with E-state index in [2.05, 4.69) is 34.3 Å². The van der Waals surface area contributed by atoms with Crippen LogP contribution in [0.1, 0.15) is 22.0 Å². The molecule has 1 aliphatic rings. The first-order valence-corrected chi connectivity index (χ1v) is 10.1. The second-order valence-electron chi connectivity index (χ2n) is 7.41. The number of methoxy groups -OCH3 is 3. The first-order chi connectivity index (χ1) is 14.5. The van der Waals surface area contributed by atoms with Gasteiger partial charge >= 0.3 is 0 Å². The van der Waals surface area contributed by atoms with Gasteiger partial charge in [-0.3, -0.25) is 9.69 Å². The number of benzene rings is 2. The Hall–Kier alpha value is -2.77. The van der Waals surface area contributed by atoms with Gasteiger partial charge in [0.1, 0.15) is 5.75 Å². The molecular weight excluding hydrogens is 382 g/mol. The molecule has 1 atom stereocenters. The van der Waals surface area contributed by atoms with E-state index < -0.39 is 0 Å². The highest BCUT2D eigenvalue weighted by Gasteiger charge is 2.25. The van der Waals surface area contributed by atoms with E-state index in [4.69, 9.17) is 14.2 Å². The molecule has 162 valence electrons. The lowest BCUT2D eigenvalue weighted by molar-refractivity contribution is 0.0886. The molecule has 1 unspecified atom stereocenters. The molecule has 7 heteroatoms. The lowest BCUT2D eigenvalue weighted by Gasteiger charge is -2.38. The zero-order chi connectivity index (χ0) is 21.5. The number of hydrogen-bond donors (Lipinski definition) is 1. The van der Waals surface area contributed by atoms with Gasteiger partial charge in [-0.2, -0.15) is 0 Å². The van der Waals surface area contributed by atoms with Crippen LogP contribution in [0.2, 0.25) is 0 Å². The molecule has 1 N–H and O–H groups in total. The summed E-state index contributed by atoms with van der Waals surface area (Å²) in [7, 11) is 6.94. The molecule has 0 aliphatic carbocycles. The number of hydrogen-bond acceptors (Lipinski definition) is 6. The second kappa shape index (κ2) is 10.3. The average molecular weight is 414 g/mol. The molecule has 1 saturated heterocycles. The Kier molecular flexibility index (Phi) is 7.54. The van der Waals surface area contributed by atoms with Crippen LogP contribution in [0.5, 0.6) is 17.2 Å². The Morgan fingerprint density at radius 1 is 0.933 bits per heavy atom. The fourth-order valence-corrected chi connectivity index (χ4v) is 3.69. The monoisotopic (exact) mass is 413 g/mol. The maximum absolute atomic E-state index is 12.8. The van der Waals surface area contributed by atoms with Crippen LogP contribution in [0.25, 0.3) is 0 Å². The number of piperazine rings is 1. The van der Waals surface area contributed by atoms with Crippen molar-refractivity contribution in [2.45, 2.75) is 6.04 Å². The highest BCUT2D eigenvalue weighted by atomic mass is 16.5. The van der Waals surface area contributed by atoms with Gasteiger partial charge in [0.05, 0.1) is 27.4 Å². The fraction of sp³-hybridized carbons (Fsp3) is 0.435. The van der Waals surface area contributed by atoms with E-state index in [0.29, 0.717) is 23.6 Å². The summed E-state index contributed by atoms with van der Waals surface area (Å²) in [6.45, 7) is 4.45. The first-order valence-electron chi connectivity index (χ1n) is 10.1. The molecule has 1 amide bonds. The van der Waals surface area contributed by atoms with Crippen LogP contribution in [0.15, 0.2) is 42.5 Å². The minimum absolute atomic E-state index is 0.0914. The van der Waals surface area contributed by atoms with Crippen molar-refractivity contribution >= 4 is 5.91 Å². The number of ether oxygens (including phenoxy) is 3. The van der Waals surface area contributed by atoms with Gasteiger partial charge < -0.3 is 24.4 Å². The highest BCUT2D eigenvalue weighted by molar-refractivity contribution is 5.94. The third-order valence-electron chi connectivity index (χ3n) is 5.58. The van der Waals surface area contributed by atoms with Crippen LogP contribution in [-0.2, 0) is 0 Å². The Morgan fingerprint density at radius 2 is 1.60 bits per heavy atom. The van der Waals surface area contributed by atoms with Crippen molar-refractivity contribution < 1.29 is 19.0 Å². The first kappa shape index (κ1) is 21.9. The Labute approximate surface area is 178 Å². The van der Waals surface area contributed by atoms with Gasteiger partial charge in [0.25, 0.3) is 5.91 Å². The van der Waals surface area contributed by atoms with E-state index in [-0.39, 0.29) is 11.9 Å². The van der Waals surface area contributed by atoms with Crippen molar-refractivity contribution in [1.82, 2.24) is 15.1 Å². The number of likely N-dealkylation sites (N-methyl/N-ethyl adjacent to an activating group) is 1. The summed E-state index contributed by atoms with van der Waals surface area (Å²) in [4.78, 5) is 17.6. The van der Waals surface area contributed by atoms with Crippen LogP contribution in [0.3, 0.4) is 0 Å². The number of nitrogens with zero attached hydrogens (tertiary/aromatic N) is 2. The molecule has 1 aliphatic heterocycles. The number of rotatable bonds is 8. The minimum Gasteiger partial charge on any atom is -0.497 e. The van der Waals surface area contributed by atoms with Crippen LogP contribution < -0.4 is 19.5 Å². The highest BCUT2D eigenvalue weighted by Crippen LogP contribution is 2.28. The molecule has 7 nitrogen and oxygen atoms in total. The van der Waals surface area contributed by atoms with Crippen molar-refractivity contribution in [2.75, 3.05) is 61.1 Å². The van der Waals surface area contributed by atoms with Gasteiger partial charge in [-0.1, -0.05) is 12.1 Å². The van der Waals surface area contributed by atoms with Gasteiger partial charge in [0.2, 0.25) is 0 Å². The van der Waals surface area contributed by atoms with E-state index >= 15 is 0 Å². The van der Waals surface area contributed by atoms with Crippen LogP contribution in [0.4, 0.5) is 0 Å². The molecule has 0 radical (unpaired) electrons. The quantitative estimate of drug-likeness (QED) is 0.717. The summed E-state index contributed by atoms with van der Waals surface area (Å²) in [5, 5.41) is 3.10. The predicted octanol–water partition coefficient (Wildman–Crippen LogP) is 2.43. The van der Waals surface area contributed by atoms with Gasteiger partial charge in [-0.25, -0.2) is 0 Å². The Bertz CT molecular complexity index is 833. The van der Waals surface area contributed by atoms with Gasteiger partial charge in [-0.15, -0.1) is 0 Å². The lowest BCUT2D eigenvalue weighted by atomic mass is 10.0. The molecule has 3 rings (SSSR count). The van der Waals surface area contributed by atoms with E-state index in [1.54, 1.807) is 39.5 Å². The maximum Gasteiger partial charge on any atom is 0.251 e. The predicted molar refractivity (Wildman–Crippen MR) is 117 cm³/mol. The van der Waals surface area contributed by atoms with Gasteiger partial charge in [0.15, 0.2) is 11.5 Å². The summed E-state index contributed by atoms with van der Waals surface area (Å²) in [5.41, 5.74) is 1.70. The smallest absolute Gasteiger partial charge is 0.251 e. The number of carbonyl (C=O) groups excluding carboxylic acids is 1. The van der Waals surface area contributed by atoms with Crippen molar-refractivity contribution in [2.24, 2.45) is 0 Å². The molecular formula is C23H31N3O4. The van der Waals surface area contributed by atoms with Gasteiger partial charge in [-0.05, 0) is 42.9 Å². The summed E-state index contributed by atoms with van der Waals surface area (Å²) in [6, 6.07) is 13.4. The molecule has 2 aromatic carbocycles. The molecule has 2 aromatic rings. The summed E-state index contributed by atoms with van der Waals surface area (Å²) in [5.74, 6) is 1.83. The summed E-state index contributed by atoms with van der Waals surface area (Å²) >= 11 is 0. The van der Waals surface area contributed by atoms with E-state index in [1.807, 2.05) is 12.1 Å². The van der Waals surface area contributed by atoms with Crippen molar-refractivity contribution in [3.05, 3.63) is 53.6 Å². The molecule has 30 heavy (non-hydrogen) atoms. The van der Waals surface area contributed by atoms with Crippen molar-refractivity contribution in [3.63, 3.8) is 0 Å². The van der Waals surface area contributed by atoms with E-state index in [1.165, 1.54) is 0 Å².